The van der Waals surface area contributed by atoms with Crippen LogP contribution in [0.25, 0.3) is 5.70 Å². The SMILES string of the molecule is CC(C)(C(=O)Nc1cnc(C2=[N+](Cc3ccccc3F)C(c3ccon3)=C2)nc1N)c1ccccc1. The monoisotopic (exact) mass is 483 g/mol. The normalized spacial score (nSPS) is 13.2. The molecule has 0 bridgehead atoms. The predicted molar refractivity (Wildman–Crippen MR) is 133 cm³/mol. The van der Waals surface area contributed by atoms with Gasteiger partial charge in [-0.05, 0) is 31.5 Å². The van der Waals surface area contributed by atoms with Crippen molar-refractivity contribution in [3.8, 4) is 0 Å². The van der Waals surface area contributed by atoms with Gasteiger partial charge in [0.1, 0.15) is 17.8 Å². The topological polar surface area (TPSA) is 110 Å². The van der Waals surface area contributed by atoms with Crippen LogP contribution < -0.4 is 11.1 Å². The minimum Gasteiger partial charge on any atom is -0.382 e. The number of nitrogen functional groups attached to an aromatic ring is 1. The second-order valence-corrected chi connectivity index (χ2v) is 8.91. The van der Waals surface area contributed by atoms with Crippen molar-refractivity contribution < 1.29 is 18.3 Å². The molecule has 1 amide bonds. The first-order valence-electron chi connectivity index (χ1n) is 11.3. The van der Waals surface area contributed by atoms with Crippen molar-refractivity contribution in [2.75, 3.05) is 11.1 Å². The third-order valence-corrected chi connectivity index (χ3v) is 6.20. The van der Waals surface area contributed by atoms with E-state index in [1.54, 1.807) is 24.3 Å². The van der Waals surface area contributed by atoms with Crippen molar-refractivity contribution in [1.82, 2.24) is 15.1 Å². The maximum Gasteiger partial charge on any atom is 0.258 e. The van der Waals surface area contributed by atoms with Gasteiger partial charge in [-0.1, -0.05) is 47.6 Å². The van der Waals surface area contributed by atoms with Crippen molar-refractivity contribution in [2.24, 2.45) is 0 Å². The van der Waals surface area contributed by atoms with E-state index in [1.807, 2.05) is 54.8 Å². The molecule has 3 heterocycles. The fourth-order valence-electron chi connectivity index (χ4n) is 3.94. The Hall–Kier alpha value is -4.66. The van der Waals surface area contributed by atoms with E-state index in [0.717, 1.165) is 11.3 Å². The summed E-state index contributed by atoms with van der Waals surface area (Å²) in [4.78, 5) is 21.9. The van der Waals surface area contributed by atoms with Gasteiger partial charge in [-0.15, -0.1) is 0 Å². The van der Waals surface area contributed by atoms with E-state index in [2.05, 4.69) is 20.4 Å². The second-order valence-electron chi connectivity index (χ2n) is 8.91. The van der Waals surface area contributed by atoms with Crippen LogP contribution in [0.1, 0.15) is 36.5 Å². The molecule has 0 saturated carbocycles. The van der Waals surface area contributed by atoms with E-state index >= 15 is 0 Å². The Kier molecular flexibility index (Phi) is 5.89. The van der Waals surface area contributed by atoms with Crippen LogP contribution in [-0.4, -0.2) is 31.3 Å². The van der Waals surface area contributed by atoms with Gasteiger partial charge in [0.05, 0.1) is 23.3 Å². The number of halogens is 1. The summed E-state index contributed by atoms with van der Waals surface area (Å²) in [6.07, 6.45) is 4.79. The number of amides is 1. The zero-order valence-electron chi connectivity index (χ0n) is 19.8. The Morgan fingerprint density at radius 1 is 1.11 bits per heavy atom. The molecule has 1 aliphatic heterocycles. The number of aromatic nitrogens is 3. The number of carbonyl (C=O) groups is 1. The lowest BCUT2D eigenvalue weighted by atomic mass is 9.84. The maximum absolute atomic E-state index is 14.4. The molecule has 180 valence electrons. The van der Waals surface area contributed by atoms with Gasteiger partial charge in [-0.2, -0.15) is 4.58 Å². The molecular formula is C27H24FN6O2+. The summed E-state index contributed by atoms with van der Waals surface area (Å²) in [6.45, 7) is 3.92. The van der Waals surface area contributed by atoms with E-state index in [9.17, 15) is 9.18 Å². The highest BCUT2D eigenvalue weighted by molar-refractivity contribution is 6.11. The predicted octanol–water partition coefficient (Wildman–Crippen LogP) is 4.16. The van der Waals surface area contributed by atoms with Crippen LogP contribution in [0.4, 0.5) is 15.9 Å². The molecule has 2 aromatic heterocycles. The van der Waals surface area contributed by atoms with Gasteiger partial charge in [0, 0.05) is 6.07 Å². The number of nitrogens with zero attached hydrogens (tertiary/aromatic N) is 4. The Labute approximate surface area is 207 Å². The number of anilines is 2. The second kappa shape index (κ2) is 9.18. The van der Waals surface area contributed by atoms with Gasteiger partial charge in [-0.25, -0.2) is 14.4 Å². The minimum absolute atomic E-state index is 0.124. The van der Waals surface area contributed by atoms with Gasteiger partial charge < -0.3 is 15.6 Å². The lowest BCUT2D eigenvalue weighted by Crippen LogP contribution is -2.35. The van der Waals surface area contributed by atoms with Crippen molar-refractivity contribution in [2.45, 2.75) is 25.8 Å². The van der Waals surface area contributed by atoms with Crippen molar-refractivity contribution >= 4 is 28.8 Å². The maximum atomic E-state index is 14.4. The van der Waals surface area contributed by atoms with Gasteiger partial charge in [0.25, 0.3) is 5.71 Å². The Morgan fingerprint density at radius 3 is 2.56 bits per heavy atom. The van der Waals surface area contributed by atoms with E-state index in [4.69, 9.17) is 10.3 Å². The number of benzene rings is 2. The van der Waals surface area contributed by atoms with Crippen LogP contribution >= 0.6 is 0 Å². The van der Waals surface area contributed by atoms with Crippen molar-refractivity contribution in [3.63, 3.8) is 0 Å². The zero-order valence-corrected chi connectivity index (χ0v) is 19.8. The molecule has 2 aromatic carbocycles. The highest BCUT2D eigenvalue weighted by Gasteiger charge is 2.37. The number of allylic oxidation sites excluding steroid dienone is 1. The van der Waals surface area contributed by atoms with Gasteiger partial charge in [0.15, 0.2) is 18.1 Å². The molecule has 0 aliphatic carbocycles. The first-order chi connectivity index (χ1) is 17.3. The van der Waals surface area contributed by atoms with E-state index < -0.39 is 5.41 Å². The first-order valence-corrected chi connectivity index (χ1v) is 11.3. The number of hydrogen-bond acceptors (Lipinski definition) is 6. The Bertz CT molecular complexity index is 1490. The van der Waals surface area contributed by atoms with Crippen LogP contribution in [-0.2, 0) is 16.8 Å². The largest absolute Gasteiger partial charge is 0.382 e. The summed E-state index contributed by atoms with van der Waals surface area (Å²) >= 11 is 0. The van der Waals surface area contributed by atoms with Crippen molar-refractivity contribution in [1.29, 1.82) is 0 Å². The Morgan fingerprint density at radius 2 is 1.86 bits per heavy atom. The summed E-state index contributed by atoms with van der Waals surface area (Å²) in [7, 11) is 0. The summed E-state index contributed by atoms with van der Waals surface area (Å²) in [5.41, 5.74) is 9.11. The molecule has 1 aliphatic rings. The van der Waals surface area contributed by atoms with Crippen LogP contribution in [0.5, 0.6) is 0 Å². The molecule has 0 radical (unpaired) electrons. The molecule has 9 heteroatoms. The molecule has 0 saturated heterocycles. The molecule has 5 rings (SSSR count). The van der Waals surface area contributed by atoms with Crippen LogP contribution in [0, 0.1) is 5.82 Å². The Balaban J connectivity index is 1.42. The molecule has 8 nitrogen and oxygen atoms in total. The van der Waals surface area contributed by atoms with E-state index in [1.165, 1.54) is 18.5 Å². The molecule has 4 aromatic rings. The average molecular weight is 484 g/mol. The van der Waals surface area contributed by atoms with Crippen molar-refractivity contribution in [3.05, 3.63) is 108 Å². The molecular weight excluding hydrogens is 459 g/mol. The molecule has 0 unspecified atom stereocenters. The molecule has 3 N–H and O–H groups in total. The van der Waals surface area contributed by atoms with E-state index in [0.29, 0.717) is 28.5 Å². The summed E-state index contributed by atoms with van der Waals surface area (Å²) in [6, 6.07) is 17.8. The first kappa shape index (κ1) is 23.1. The van der Waals surface area contributed by atoms with Gasteiger partial charge in [-0.3, -0.25) is 4.79 Å². The standard InChI is InChI=1S/C27H23FN6O2/c1-27(2,18-9-4-3-5-10-18)26(35)31-21-15-30-25(32-24(21)29)23-14-22(20-12-13-36-33-20)34(23)16-17-8-6-7-11-19(17)28/h3-15H,16H2,1-2H3,(H2,29,32,33)/p+1. The molecule has 0 spiro atoms. The summed E-state index contributed by atoms with van der Waals surface area (Å²) < 4.78 is 21.2. The lowest BCUT2D eigenvalue weighted by molar-refractivity contribution is -0.458. The smallest absolute Gasteiger partial charge is 0.258 e. The highest BCUT2D eigenvalue weighted by atomic mass is 19.1. The summed E-state index contributed by atoms with van der Waals surface area (Å²) in [5, 5.41) is 6.83. The summed E-state index contributed by atoms with van der Waals surface area (Å²) in [5.74, 6) is -0.0829. The molecule has 36 heavy (non-hydrogen) atoms. The minimum atomic E-state index is -0.791. The molecule has 0 fully saturated rings. The highest BCUT2D eigenvalue weighted by Crippen LogP contribution is 2.28. The number of carbonyl (C=O) groups excluding carboxylic acids is 1. The number of rotatable bonds is 7. The molecule has 0 atom stereocenters. The quantitative estimate of drug-likeness (QED) is 0.382. The number of hydrogen-bond donors (Lipinski definition) is 2. The lowest BCUT2D eigenvalue weighted by Gasteiger charge is -2.24. The van der Waals surface area contributed by atoms with Gasteiger partial charge in [0.2, 0.25) is 17.4 Å². The number of nitrogens with two attached hydrogens (primary N) is 1. The number of nitrogens with one attached hydrogen (secondary N) is 1. The fraction of sp³-hybridized carbons (Fsp3) is 0.148. The third kappa shape index (κ3) is 4.26. The third-order valence-electron chi connectivity index (χ3n) is 6.20. The van der Waals surface area contributed by atoms with Crippen LogP contribution in [0.3, 0.4) is 0 Å². The van der Waals surface area contributed by atoms with Crippen LogP contribution in [0.2, 0.25) is 0 Å². The van der Waals surface area contributed by atoms with E-state index in [-0.39, 0.29) is 24.1 Å². The fourth-order valence-corrected chi connectivity index (χ4v) is 3.94. The van der Waals surface area contributed by atoms with Crippen LogP contribution in [0.15, 0.2) is 83.7 Å². The average Bonchev–Trinajstić information content (AvgIpc) is 3.39. The van der Waals surface area contributed by atoms with Gasteiger partial charge >= 0.3 is 0 Å². The zero-order chi connectivity index (χ0) is 25.3.